The van der Waals surface area contributed by atoms with Crippen molar-refractivity contribution in [2.45, 2.75) is 25.8 Å². The number of nitrogens with zero attached hydrogens (tertiary/aromatic N) is 4. The van der Waals surface area contributed by atoms with Crippen LogP contribution in [0.15, 0.2) is 72.2 Å². The first-order valence-corrected chi connectivity index (χ1v) is 12.0. The van der Waals surface area contributed by atoms with Gasteiger partial charge in [0.1, 0.15) is 5.69 Å². The fraction of sp³-hybridized carbons (Fsp3) is 0.222. The van der Waals surface area contributed by atoms with Gasteiger partial charge in [0.25, 0.3) is 5.56 Å². The minimum atomic E-state index is -0.463. The van der Waals surface area contributed by atoms with E-state index in [1.165, 1.54) is 0 Å². The zero-order chi connectivity index (χ0) is 26.4. The molecular formula is C27H30N8O2. The van der Waals surface area contributed by atoms with E-state index in [9.17, 15) is 9.59 Å². The molecule has 1 unspecified atom stereocenters. The molecule has 2 aromatic heterocycles. The topological polar surface area (TPSA) is 146 Å². The van der Waals surface area contributed by atoms with E-state index >= 15 is 0 Å². The number of benzene rings is 2. The van der Waals surface area contributed by atoms with Crippen molar-refractivity contribution >= 4 is 34.5 Å². The monoisotopic (exact) mass is 498 g/mol. The Morgan fingerprint density at radius 1 is 1.27 bits per heavy atom. The number of carbonyl (C=O) groups excluding carboxylic acids is 1. The number of para-hydroxylation sites is 1. The number of H-pyrrole nitrogens is 1. The van der Waals surface area contributed by atoms with E-state index in [0.717, 1.165) is 35.8 Å². The smallest absolute Gasteiger partial charge is 0.288 e. The molecule has 1 aliphatic heterocycles. The van der Waals surface area contributed by atoms with E-state index in [1.807, 2.05) is 60.1 Å². The summed E-state index contributed by atoms with van der Waals surface area (Å²) in [4.78, 5) is 25.6. The number of amides is 1. The number of nitrogens with two attached hydrogens (primary N) is 1. The van der Waals surface area contributed by atoms with Gasteiger partial charge >= 0.3 is 0 Å². The van der Waals surface area contributed by atoms with Crippen molar-refractivity contribution in [3.05, 3.63) is 88.9 Å². The molecule has 0 spiro atoms. The Kier molecular flexibility index (Phi) is 7.77. The van der Waals surface area contributed by atoms with Crippen molar-refractivity contribution in [2.24, 2.45) is 0 Å². The molecule has 5 N–H and O–H groups in total. The van der Waals surface area contributed by atoms with Crippen LogP contribution < -0.4 is 16.6 Å². The minimum absolute atomic E-state index is 0.0511. The fourth-order valence-corrected chi connectivity index (χ4v) is 4.39. The van der Waals surface area contributed by atoms with Gasteiger partial charge < -0.3 is 16.0 Å². The van der Waals surface area contributed by atoms with Crippen molar-refractivity contribution in [1.82, 2.24) is 24.9 Å². The first-order chi connectivity index (χ1) is 18.0. The van der Waals surface area contributed by atoms with Gasteiger partial charge in [0.15, 0.2) is 5.82 Å². The van der Waals surface area contributed by atoms with E-state index in [-0.39, 0.29) is 28.8 Å². The predicted molar refractivity (Wildman–Crippen MR) is 146 cm³/mol. The molecular weight excluding hydrogens is 468 g/mol. The zero-order valence-electron chi connectivity index (χ0n) is 20.6. The Labute approximate surface area is 214 Å². The molecule has 190 valence electrons. The van der Waals surface area contributed by atoms with Gasteiger partial charge in [-0.3, -0.25) is 15.0 Å². The standard InChI is InChI=1S/C24H24N8O2.C3H6/c25-21(15-8-9-19-16(11-15)12-27-32(19)18-6-2-1-3-7-18)20-22(24(34)30-29-23(20)26)28-17-5-4-10-31(13-17)14-33;1-3-2/h1-3,6-9,11-12,14,17,25H,4-5,10,13H2,(H,30,34)(H3,26,28,29);3H,1H2,2H3. The highest BCUT2D eigenvalue weighted by atomic mass is 16.1. The van der Waals surface area contributed by atoms with Gasteiger partial charge in [-0.25, -0.2) is 9.78 Å². The Bertz CT molecular complexity index is 1480. The fourth-order valence-electron chi connectivity index (χ4n) is 4.39. The summed E-state index contributed by atoms with van der Waals surface area (Å²) in [5.41, 5.74) is 8.60. The molecule has 3 heterocycles. The van der Waals surface area contributed by atoms with E-state index < -0.39 is 5.56 Å². The molecule has 4 aromatic rings. The van der Waals surface area contributed by atoms with Crippen LogP contribution in [0.25, 0.3) is 16.6 Å². The number of aromatic amines is 1. The van der Waals surface area contributed by atoms with E-state index in [0.29, 0.717) is 18.7 Å². The quantitative estimate of drug-likeness (QED) is 0.182. The third kappa shape index (κ3) is 5.43. The Morgan fingerprint density at radius 3 is 2.76 bits per heavy atom. The summed E-state index contributed by atoms with van der Waals surface area (Å²) in [5, 5.41) is 23.7. The highest BCUT2D eigenvalue weighted by Crippen LogP contribution is 2.25. The lowest BCUT2D eigenvalue weighted by atomic mass is 9.99. The number of allylic oxidation sites excluding steroid dienone is 1. The maximum atomic E-state index is 12.7. The summed E-state index contributed by atoms with van der Waals surface area (Å²) in [6, 6.07) is 15.2. The lowest BCUT2D eigenvalue weighted by Gasteiger charge is -2.31. The van der Waals surface area contributed by atoms with Gasteiger partial charge in [-0.05, 0) is 44.0 Å². The molecule has 1 atom stereocenters. The summed E-state index contributed by atoms with van der Waals surface area (Å²) >= 11 is 0. The number of likely N-dealkylation sites (tertiary alicyclic amines) is 1. The minimum Gasteiger partial charge on any atom is -0.382 e. The lowest BCUT2D eigenvalue weighted by molar-refractivity contribution is -0.119. The van der Waals surface area contributed by atoms with Crippen molar-refractivity contribution in [2.75, 3.05) is 24.1 Å². The summed E-state index contributed by atoms with van der Waals surface area (Å²) in [6.45, 7) is 6.42. The second-order valence-corrected chi connectivity index (χ2v) is 8.72. The SMILES string of the molecule is C=CC.N=C(c1ccc2c(cnn2-c2ccccc2)c1)c1c(N)n[nH]c(=O)c1NC1CCCN(C=O)C1. The molecule has 0 saturated carbocycles. The van der Waals surface area contributed by atoms with Gasteiger partial charge in [0.2, 0.25) is 6.41 Å². The second-order valence-electron chi connectivity index (χ2n) is 8.72. The molecule has 0 aliphatic carbocycles. The van der Waals surface area contributed by atoms with Crippen molar-refractivity contribution in [1.29, 1.82) is 5.41 Å². The number of nitrogen functional groups attached to an aromatic ring is 1. The highest BCUT2D eigenvalue weighted by molar-refractivity contribution is 6.17. The molecule has 1 fully saturated rings. The summed E-state index contributed by atoms with van der Waals surface area (Å²) in [7, 11) is 0. The molecule has 1 aliphatic rings. The molecule has 0 bridgehead atoms. The lowest BCUT2D eigenvalue weighted by Crippen LogP contribution is -2.42. The van der Waals surface area contributed by atoms with Crippen LogP contribution in [0.5, 0.6) is 0 Å². The maximum Gasteiger partial charge on any atom is 0.288 e. The van der Waals surface area contributed by atoms with Crippen LogP contribution in [0.1, 0.15) is 30.9 Å². The van der Waals surface area contributed by atoms with Crippen molar-refractivity contribution < 1.29 is 4.79 Å². The number of nitrogens with one attached hydrogen (secondary N) is 3. The van der Waals surface area contributed by atoms with Crippen LogP contribution >= 0.6 is 0 Å². The average molecular weight is 499 g/mol. The van der Waals surface area contributed by atoms with Crippen LogP contribution in [0, 0.1) is 5.41 Å². The molecule has 10 heteroatoms. The highest BCUT2D eigenvalue weighted by Gasteiger charge is 2.24. The first-order valence-electron chi connectivity index (χ1n) is 12.0. The molecule has 10 nitrogen and oxygen atoms in total. The molecule has 1 amide bonds. The van der Waals surface area contributed by atoms with E-state index in [2.05, 4.69) is 27.2 Å². The molecule has 5 rings (SSSR count). The molecule has 2 aromatic carbocycles. The number of fused-ring (bicyclic) bond motifs is 1. The molecule has 0 radical (unpaired) electrons. The third-order valence-electron chi connectivity index (χ3n) is 6.07. The van der Waals surface area contributed by atoms with E-state index in [1.54, 1.807) is 17.2 Å². The largest absolute Gasteiger partial charge is 0.382 e. The van der Waals surface area contributed by atoms with Crippen molar-refractivity contribution in [3.8, 4) is 5.69 Å². The average Bonchev–Trinajstić information content (AvgIpc) is 3.35. The summed E-state index contributed by atoms with van der Waals surface area (Å²) < 4.78 is 1.83. The first kappa shape index (κ1) is 25.4. The summed E-state index contributed by atoms with van der Waals surface area (Å²) in [5.74, 6) is 0.0511. The zero-order valence-corrected chi connectivity index (χ0v) is 20.6. The molecule has 1 saturated heterocycles. The molecule has 37 heavy (non-hydrogen) atoms. The number of hydrogen-bond donors (Lipinski definition) is 4. The number of carbonyl (C=O) groups is 1. The number of piperidine rings is 1. The summed E-state index contributed by atoms with van der Waals surface area (Å²) in [6.07, 6.45) is 5.92. The van der Waals surface area contributed by atoms with Gasteiger partial charge in [-0.1, -0.05) is 30.3 Å². The predicted octanol–water partition coefficient (Wildman–Crippen LogP) is 3.33. The van der Waals surface area contributed by atoms with Crippen LogP contribution in [-0.2, 0) is 4.79 Å². The number of aromatic nitrogens is 4. The normalized spacial score (nSPS) is 14.9. The van der Waals surface area contributed by atoms with Gasteiger partial charge in [-0.2, -0.15) is 10.2 Å². The van der Waals surface area contributed by atoms with Crippen LogP contribution in [-0.4, -0.2) is 56.1 Å². The Balaban J connectivity index is 0.00000102. The van der Waals surface area contributed by atoms with Crippen LogP contribution in [0.3, 0.4) is 0 Å². The van der Waals surface area contributed by atoms with Crippen LogP contribution in [0.2, 0.25) is 0 Å². The Morgan fingerprint density at radius 2 is 2.03 bits per heavy atom. The van der Waals surface area contributed by atoms with Crippen molar-refractivity contribution in [3.63, 3.8) is 0 Å². The Hall–Kier alpha value is -4.73. The maximum absolute atomic E-state index is 12.7. The van der Waals surface area contributed by atoms with E-state index in [4.69, 9.17) is 11.1 Å². The number of anilines is 2. The van der Waals surface area contributed by atoms with Gasteiger partial charge in [-0.15, -0.1) is 6.58 Å². The number of hydrogen-bond acceptors (Lipinski definition) is 7. The van der Waals surface area contributed by atoms with Gasteiger partial charge in [0, 0.05) is 30.1 Å². The number of rotatable bonds is 6. The van der Waals surface area contributed by atoms with Gasteiger partial charge in [0.05, 0.1) is 28.7 Å². The third-order valence-corrected chi connectivity index (χ3v) is 6.07. The van der Waals surface area contributed by atoms with Crippen LogP contribution in [0.4, 0.5) is 11.5 Å². The second kappa shape index (κ2) is 11.3.